The van der Waals surface area contributed by atoms with Crippen LogP contribution in [0.3, 0.4) is 0 Å². The topological polar surface area (TPSA) is 26.7 Å². The van der Waals surface area contributed by atoms with Crippen LogP contribution >= 0.6 is 11.3 Å². The molecule has 4 heteroatoms. The SMILES string of the molecule is CC(C)Cc1ccc(CN2CC[C@@](O)(CN(C)C)C2)s1. The van der Waals surface area contributed by atoms with Gasteiger partial charge in [-0.05, 0) is 45.0 Å². The summed E-state index contributed by atoms with van der Waals surface area (Å²) in [5, 5.41) is 10.6. The molecule has 1 saturated heterocycles. The molecular formula is C16H28N2OS. The van der Waals surface area contributed by atoms with Crippen LogP contribution in [-0.2, 0) is 13.0 Å². The zero-order valence-corrected chi connectivity index (χ0v) is 14.0. The fraction of sp³-hybridized carbons (Fsp3) is 0.750. The molecule has 0 aliphatic carbocycles. The Kier molecular flexibility index (Phi) is 5.24. The number of hydrogen-bond acceptors (Lipinski definition) is 4. The van der Waals surface area contributed by atoms with Gasteiger partial charge in [0.1, 0.15) is 0 Å². The van der Waals surface area contributed by atoms with E-state index in [1.165, 1.54) is 16.2 Å². The zero-order valence-electron chi connectivity index (χ0n) is 13.2. The first kappa shape index (κ1) is 16.0. The molecule has 3 nitrogen and oxygen atoms in total. The van der Waals surface area contributed by atoms with Crippen LogP contribution in [0.15, 0.2) is 12.1 Å². The number of likely N-dealkylation sites (N-methyl/N-ethyl adjacent to an activating group) is 1. The van der Waals surface area contributed by atoms with E-state index in [2.05, 4.69) is 35.8 Å². The summed E-state index contributed by atoms with van der Waals surface area (Å²) in [7, 11) is 4.05. The van der Waals surface area contributed by atoms with Crippen molar-refractivity contribution >= 4 is 11.3 Å². The molecule has 0 spiro atoms. The molecule has 20 heavy (non-hydrogen) atoms. The molecule has 114 valence electrons. The summed E-state index contributed by atoms with van der Waals surface area (Å²) >= 11 is 1.93. The molecule has 0 radical (unpaired) electrons. The Labute approximate surface area is 127 Å². The molecule has 1 aromatic rings. The van der Waals surface area contributed by atoms with Gasteiger partial charge in [-0.25, -0.2) is 0 Å². The van der Waals surface area contributed by atoms with Gasteiger partial charge in [-0.3, -0.25) is 4.90 Å². The molecular weight excluding hydrogens is 268 g/mol. The van der Waals surface area contributed by atoms with Crippen LogP contribution in [0.5, 0.6) is 0 Å². The fourth-order valence-electron chi connectivity index (χ4n) is 3.03. The van der Waals surface area contributed by atoms with Crippen molar-refractivity contribution in [2.75, 3.05) is 33.7 Å². The third-order valence-corrected chi connectivity index (χ3v) is 4.82. The molecule has 1 aliphatic rings. The van der Waals surface area contributed by atoms with Gasteiger partial charge < -0.3 is 10.0 Å². The summed E-state index contributed by atoms with van der Waals surface area (Å²) in [6.45, 7) is 8.07. The van der Waals surface area contributed by atoms with Gasteiger partial charge in [0.25, 0.3) is 0 Å². The molecule has 0 amide bonds. The average molecular weight is 296 g/mol. The molecule has 0 bridgehead atoms. The Morgan fingerprint density at radius 1 is 1.35 bits per heavy atom. The minimum atomic E-state index is -0.526. The van der Waals surface area contributed by atoms with Crippen molar-refractivity contribution in [1.82, 2.24) is 9.80 Å². The molecule has 1 aliphatic heterocycles. The van der Waals surface area contributed by atoms with Crippen molar-refractivity contribution in [3.63, 3.8) is 0 Å². The van der Waals surface area contributed by atoms with E-state index < -0.39 is 5.60 Å². The highest BCUT2D eigenvalue weighted by atomic mass is 32.1. The molecule has 0 aromatic carbocycles. The van der Waals surface area contributed by atoms with E-state index in [0.29, 0.717) is 0 Å². The molecule has 1 aromatic heterocycles. The second-order valence-electron chi connectivity index (χ2n) is 6.89. The van der Waals surface area contributed by atoms with Crippen molar-refractivity contribution in [3.8, 4) is 0 Å². The Hall–Kier alpha value is -0.420. The Morgan fingerprint density at radius 2 is 2.05 bits per heavy atom. The van der Waals surface area contributed by atoms with E-state index in [4.69, 9.17) is 0 Å². The van der Waals surface area contributed by atoms with E-state index in [-0.39, 0.29) is 0 Å². The average Bonchev–Trinajstić information content (AvgIpc) is 2.85. The first-order valence-corrected chi connectivity index (χ1v) is 8.35. The molecule has 1 N–H and O–H groups in total. The van der Waals surface area contributed by atoms with Crippen LogP contribution in [0, 0.1) is 5.92 Å². The molecule has 1 atom stereocenters. The fourth-order valence-corrected chi connectivity index (χ4v) is 4.31. The molecule has 0 saturated carbocycles. The zero-order chi connectivity index (χ0) is 14.8. The number of likely N-dealkylation sites (tertiary alicyclic amines) is 1. The van der Waals surface area contributed by atoms with E-state index in [9.17, 15) is 5.11 Å². The molecule has 2 rings (SSSR count). The summed E-state index contributed by atoms with van der Waals surface area (Å²) in [6, 6.07) is 4.52. The van der Waals surface area contributed by atoms with Crippen molar-refractivity contribution in [3.05, 3.63) is 21.9 Å². The number of thiophene rings is 1. The number of β-amino-alcohol motifs (C(OH)–C–C–N with tert-alkyl or cyclic N) is 1. The first-order chi connectivity index (χ1) is 9.36. The first-order valence-electron chi connectivity index (χ1n) is 7.53. The lowest BCUT2D eigenvalue weighted by molar-refractivity contribution is 0.0241. The maximum atomic E-state index is 10.6. The van der Waals surface area contributed by atoms with E-state index >= 15 is 0 Å². The third-order valence-electron chi connectivity index (χ3n) is 3.73. The largest absolute Gasteiger partial charge is 0.387 e. The summed E-state index contributed by atoms with van der Waals surface area (Å²) in [6.07, 6.45) is 2.06. The van der Waals surface area contributed by atoms with Crippen LogP contribution in [-0.4, -0.2) is 54.2 Å². The Balaban J connectivity index is 1.87. The van der Waals surface area contributed by atoms with E-state index in [1.54, 1.807) is 0 Å². The van der Waals surface area contributed by atoms with Gasteiger partial charge >= 0.3 is 0 Å². The van der Waals surface area contributed by atoms with Gasteiger partial charge in [0.05, 0.1) is 5.60 Å². The highest BCUT2D eigenvalue weighted by molar-refractivity contribution is 7.11. The van der Waals surface area contributed by atoms with Crippen LogP contribution in [0.1, 0.15) is 30.0 Å². The molecule has 2 heterocycles. The monoisotopic (exact) mass is 296 g/mol. The number of rotatable bonds is 6. The predicted octanol–water partition coefficient (Wildman–Crippen LogP) is 2.45. The van der Waals surface area contributed by atoms with Gasteiger partial charge in [0, 0.05) is 35.9 Å². The third kappa shape index (κ3) is 4.55. The summed E-state index contributed by atoms with van der Waals surface area (Å²) < 4.78 is 0. The van der Waals surface area contributed by atoms with Crippen LogP contribution < -0.4 is 0 Å². The van der Waals surface area contributed by atoms with Gasteiger partial charge in [0.2, 0.25) is 0 Å². The molecule has 0 unspecified atom stereocenters. The lowest BCUT2D eigenvalue weighted by Crippen LogP contribution is -2.42. The van der Waals surface area contributed by atoms with Crippen LogP contribution in [0.4, 0.5) is 0 Å². The quantitative estimate of drug-likeness (QED) is 0.873. The minimum absolute atomic E-state index is 0.526. The molecule has 1 fully saturated rings. The van der Waals surface area contributed by atoms with Gasteiger partial charge in [-0.15, -0.1) is 11.3 Å². The Morgan fingerprint density at radius 3 is 2.70 bits per heavy atom. The lowest BCUT2D eigenvalue weighted by atomic mass is 10.0. The standard InChI is InChI=1S/C16H28N2OS/c1-13(2)9-14-5-6-15(20-14)10-18-8-7-16(19,12-18)11-17(3)4/h5-6,13,19H,7-12H2,1-4H3/t16-/m1/s1. The smallest absolute Gasteiger partial charge is 0.0912 e. The van der Waals surface area contributed by atoms with Crippen LogP contribution in [0.25, 0.3) is 0 Å². The summed E-state index contributed by atoms with van der Waals surface area (Å²) in [5.41, 5.74) is -0.526. The number of hydrogen-bond donors (Lipinski definition) is 1. The van der Waals surface area contributed by atoms with E-state index in [0.717, 1.165) is 38.5 Å². The predicted molar refractivity (Wildman–Crippen MR) is 86.3 cm³/mol. The normalized spacial score (nSPS) is 24.1. The number of nitrogens with zero attached hydrogens (tertiary/aromatic N) is 2. The van der Waals surface area contributed by atoms with Crippen molar-refractivity contribution in [2.24, 2.45) is 5.92 Å². The number of aliphatic hydroxyl groups is 1. The maximum Gasteiger partial charge on any atom is 0.0912 e. The van der Waals surface area contributed by atoms with Gasteiger partial charge in [-0.1, -0.05) is 13.8 Å². The van der Waals surface area contributed by atoms with Gasteiger partial charge in [-0.2, -0.15) is 0 Å². The van der Waals surface area contributed by atoms with Gasteiger partial charge in [0.15, 0.2) is 0 Å². The Bertz CT molecular complexity index is 430. The van der Waals surface area contributed by atoms with Crippen molar-refractivity contribution < 1.29 is 5.11 Å². The summed E-state index contributed by atoms with van der Waals surface area (Å²) in [4.78, 5) is 7.37. The summed E-state index contributed by atoms with van der Waals surface area (Å²) in [5.74, 6) is 0.721. The second-order valence-corrected chi connectivity index (χ2v) is 8.14. The van der Waals surface area contributed by atoms with Crippen molar-refractivity contribution in [1.29, 1.82) is 0 Å². The lowest BCUT2D eigenvalue weighted by Gasteiger charge is -2.26. The highest BCUT2D eigenvalue weighted by Crippen LogP contribution is 2.26. The van der Waals surface area contributed by atoms with Crippen molar-refractivity contribution in [2.45, 2.75) is 38.8 Å². The highest BCUT2D eigenvalue weighted by Gasteiger charge is 2.36. The van der Waals surface area contributed by atoms with Crippen LogP contribution in [0.2, 0.25) is 0 Å². The maximum absolute atomic E-state index is 10.6. The van der Waals surface area contributed by atoms with E-state index in [1.807, 2.05) is 25.4 Å². The second kappa shape index (κ2) is 6.56. The minimum Gasteiger partial charge on any atom is -0.387 e.